The molecule has 1 aromatic carbocycles. The molecule has 0 aliphatic rings. The van der Waals surface area contributed by atoms with Gasteiger partial charge in [-0.3, -0.25) is 0 Å². The fourth-order valence-electron chi connectivity index (χ4n) is 1.51. The summed E-state index contributed by atoms with van der Waals surface area (Å²) in [7, 11) is 1.61. The molecule has 1 heterocycles. The van der Waals surface area contributed by atoms with Gasteiger partial charge < -0.3 is 15.8 Å². The molecule has 0 saturated heterocycles. The van der Waals surface area contributed by atoms with Gasteiger partial charge in [-0.15, -0.1) is 5.10 Å². The Hall–Kier alpha value is -1.73. The summed E-state index contributed by atoms with van der Waals surface area (Å²) in [4.78, 5) is 0.263. The molecular weight excluding hydrogens is 328 g/mol. The number of anilines is 2. The molecule has 7 heteroatoms. The van der Waals surface area contributed by atoms with E-state index in [1.807, 2.05) is 18.2 Å². The predicted octanol–water partition coefficient (Wildman–Crippen LogP) is 2.63. The molecule has 3 N–H and O–H groups in total. The van der Waals surface area contributed by atoms with E-state index >= 15 is 0 Å². The van der Waals surface area contributed by atoms with Crippen molar-refractivity contribution in [2.45, 2.75) is 0 Å². The molecule has 2 rings (SSSR count). The third kappa shape index (κ3) is 3.39. The van der Waals surface area contributed by atoms with Crippen LogP contribution >= 0.6 is 28.1 Å². The number of ether oxygens (including phenoxy) is 1. The Morgan fingerprint density at radius 2 is 2.21 bits per heavy atom. The fraction of sp³-hybridized carbons (Fsp3) is 0.0833. The molecule has 0 unspecified atom stereocenters. The number of nitrogens with one attached hydrogen (secondary N) is 1. The normalized spacial score (nSPS) is 10.0. The average molecular weight is 339 g/mol. The largest absolute Gasteiger partial charge is 0.497 e. The van der Waals surface area contributed by atoms with Gasteiger partial charge in [0.25, 0.3) is 0 Å². The molecule has 98 valence electrons. The lowest BCUT2D eigenvalue weighted by Crippen LogP contribution is -2.13. The topological polar surface area (TPSA) is 73.1 Å². The first-order chi connectivity index (χ1) is 9.10. The summed E-state index contributed by atoms with van der Waals surface area (Å²) < 4.78 is 6.08. The maximum Gasteiger partial charge on any atom is 0.163 e. The van der Waals surface area contributed by atoms with Gasteiger partial charge in [-0.1, -0.05) is 28.1 Å². The van der Waals surface area contributed by atoms with Gasteiger partial charge >= 0.3 is 0 Å². The smallest absolute Gasteiger partial charge is 0.163 e. The molecule has 0 atom stereocenters. The highest BCUT2D eigenvalue weighted by molar-refractivity contribution is 9.10. The number of hydrogen-bond donors (Lipinski definition) is 2. The highest BCUT2D eigenvalue weighted by Gasteiger charge is 2.08. The third-order valence-corrected chi connectivity index (χ3v) is 3.03. The molecule has 2 aromatic rings. The monoisotopic (exact) mass is 338 g/mol. The molecule has 0 bridgehead atoms. The number of halogens is 1. The second-order valence-electron chi connectivity index (χ2n) is 3.66. The lowest BCUT2D eigenvalue weighted by molar-refractivity contribution is 0.415. The Bertz CT molecular complexity index is 620. The van der Waals surface area contributed by atoms with E-state index in [-0.39, 0.29) is 4.99 Å². The van der Waals surface area contributed by atoms with E-state index in [1.165, 1.54) is 0 Å². The molecule has 0 saturated carbocycles. The number of thiocarbonyl (C=S) groups is 1. The van der Waals surface area contributed by atoms with E-state index in [0.29, 0.717) is 11.4 Å². The zero-order valence-corrected chi connectivity index (χ0v) is 12.5. The Balaban J connectivity index is 2.36. The van der Waals surface area contributed by atoms with Crippen molar-refractivity contribution in [3.63, 3.8) is 0 Å². The summed E-state index contributed by atoms with van der Waals surface area (Å²) in [6.45, 7) is 0. The minimum absolute atomic E-state index is 0.263. The summed E-state index contributed by atoms with van der Waals surface area (Å²) in [6.07, 6.45) is 1.54. The Kier molecular flexibility index (Phi) is 4.28. The van der Waals surface area contributed by atoms with Crippen LogP contribution in [-0.2, 0) is 0 Å². The lowest BCUT2D eigenvalue weighted by atomic mass is 10.2. The van der Waals surface area contributed by atoms with Gasteiger partial charge in [0.15, 0.2) is 5.82 Å². The number of hydrogen-bond acceptors (Lipinski definition) is 5. The van der Waals surface area contributed by atoms with Crippen LogP contribution in [0.25, 0.3) is 0 Å². The molecule has 1 aromatic heterocycles. The Labute approximate surface area is 124 Å². The van der Waals surface area contributed by atoms with Gasteiger partial charge in [0.1, 0.15) is 10.7 Å². The van der Waals surface area contributed by atoms with E-state index in [4.69, 9.17) is 22.7 Å². The van der Waals surface area contributed by atoms with E-state index < -0.39 is 0 Å². The van der Waals surface area contributed by atoms with E-state index in [2.05, 4.69) is 31.4 Å². The van der Waals surface area contributed by atoms with Gasteiger partial charge in [0.2, 0.25) is 0 Å². The van der Waals surface area contributed by atoms with Gasteiger partial charge in [0, 0.05) is 16.2 Å². The highest BCUT2D eigenvalue weighted by atomic mass is 79.9. The van der Waals surface area contributed by atoms with E-state index in [9.17, 15) is 0 Å². The quantitative estimate of drug-likeness (QED) is 0.835. The number of methoxy groups -OCH3 is 1. The van der Waals surface area contributed by atoms with Crippen molar-refractivity contribution in [1.82, 2.24) is 10.2 Å². The van der Waals surface area contributed by atoms with Crippen LogP contribution in [0.5, 0.6) is 5.75 Å². The zero-order chi connectivity index (χ0) is 13.8. The van der Waals surface area contributed by atoms with Gasteiger partial charge in [0.05, 0.1) is 18.9 Å². The minimum Gasteiger partial charge on any atom is -0.497 e. The van der Waals surface area contributed by atoms with Crippen LogP contribution in [0.1, 0.15) is 5.56 Å². The molecule has 19 heavy (non-hydrogen) atoms. The molecule has 5 nitrogen and oxygen atoms in total. The number of aromatic nitrogens is 2. The summed E-state index contributed by atoms with van der Waals surface area (Å²) in [5.41, 5.74) is 7.08. The highest BCUT2D eigenvalue weighted by Crippen LogP contribution is 2.27. The maximum atomic E-state index is 5.64. The number of nitrogens with zero attached hydrogens (tertiary/aromatic N) is 2. The van der Waals surface area contributed by atoms with Crippen molar-refractivity contribution in [3.8, 4) is 5.75 Å². The molecular formula is C12H11BrN4OS. The number of rotatable bonds is 4. The standard InChI is InChI=1S/C12H11BrN4OS/c1-18-9-5-7(13)4-8(6-9)16-12-10(11(14)19)2-3-15-17-12/h2-6H,1H3,(H2,14,19)(H,16,17). The molecule has 0 amide bonds. The van der Waals surface area contributed by atoms with Gasteiger partial charge in [-0.25, -0.2) is 0 Å². The van der Waals surface area contributed by atoms with Crippen molar-refractivity contribution in [3.05, 3.63) is 40.5 Å². The van der Waals surface area contributed by atoms with Crippen molar-refractivity contribution in [2.75, 3.05) is 12.4 Å². The molecule has 0 radical (unpaired) electrons. The molecule has 0 aliphatic carbocycles. The maximum absolute atomic E-state index is 5.64. The van der Waals surface area contributed by atoms with Crippen molar-refractivity contribution < 1.29 is 4.74 Å². The SMILES string of the molecule is COc1cc(Br)cc(Nc2nnccc2C(N)=S)c1. The van der Waals surface area contributed by atoms with Crippen LogP contribution < -0.4 is 15.8 Å². The van der Waals surface area contributed by atoms with Crippen LogP contribution in [0.3, 0.4) is 0 Å². The van der Waals surface area contributed by atoms with Crippen molar-refractivity contribution in [2.24, 2.45) is 5.73 Å². The molecule has 0 aliphatic heterocycles. The number of benzene rings is 1. The van der Waals surface area contributed by atoms with Crippen LogP contribution in [0.15, 0.2) is 34.9 Å². The van der Waals surface area contributed by atoms with Crippen LogP contribution in [0, 0.1) is 0 Å². The Morgan fingerprint density at radius 3 is 2.89 bits per heavy atom. The fourth-order valence-corrected chi connectivity index (χ4v) is 2.15. The van der Waals surface area contributed by atoms with Crippen LogP contribution in [0.4, 0.5) is 11.5 Å². The summed E-state index contributed by atoms with van der Waals surface area (Å²) in [5.74, 6) is 1.23. The third-order valence-electron chi connectivity index (χ3n) is 2.36. The summed E-state index contributed by atoms with van der Waals surface area (Å²) in [6, 6.07) is 7.30. The first kappa shape index (κ1) is 13.7. The van der Waals surface area contributed by atoms with Crippen molar-refractivity contribution >= 4 is 44.6 Å². The molecule has 0 fully saturated rings. The predicted molar refractivity (Wildman–Crippen MR) is 81.9 cm³/mol. The second kappa shape index (κ2) is 5.94. The first-order valence-corrected chi connectivity index (χ1v) is 6.53. The van der Waals surface area contributed by atoms with Gasteiger partial charge in [-0.05, 0) is 18.2 Å². The zero-order valence-electron chi connectivity index (χ0n) is 10.1. The van der Waals surface area contributed by atoms with Gasteiger partial charge in [-0.2, -0.15) is 5.10 Å². The Morgan fingerprint density at radius 1 is 1.42 bits per heavy atom. The van der Waals surface area contributed by atoms with Crippen LogP contribution in [0.2, 0.25) is 0 Å². The minimum atomic E-state index is 0.263. The second-order valence-corrected chi connectivity index (χ2v) is 5.02. The van der Waals surface area contributed by atoms with E-state index in [0.717, 1.165) is 15.9 Å². The lowest BCUT2D eigenvalue weighted by Gasteiger charge is -2.10. The van der Waals surface area contributed by atoms with Crippen molar-refractivity contribution in [1.29, 1.82) is 0 Å². The summed E-state index contributed by atoms with van der Waals surface area (Å²) in [5, 5.41) is 10.9. The first-order valence-electron chi connectivity index (χ1n) is 5.33. The average Bonchev–Trinajstić information content (AvgIpc) is 2.38. The number of nitrogens with two attached hydrogens (primary N) is 1. The van der Waals surface area contributed by atoms with Crippen LogP contribution in [-0.4, -0.2) is 22.3 Å². The van der Waals surface area contributed by atoms with E-state index in [1.54, 1.807) is 19.4 Å². The molecule has 0 spiro atoms. The summed E-state index contributed by atoms with van der Waals surface area (Å²) >= 11 is 8.38.